The average Bonchev–Trinajstić information content (AvgIpc) is 2.61. The highest BCUT2D eigenvalue weighted by Crippen LogP contribution is 2.47. The van der Waals surface area contributed by atoms with Crippen LogP contribution in [-0.4, -0.2) is 23.5 Å². The van der Waals surface area contributed by atoms with Crippen LogP contribution in [0, 0.1) is 11.8 Å². The molecule has 0 unspecified atom stereocenters. The smallest absolute Gasteiger partial charge is 0.0153 e. The van der Waals surface area contributed by atoms with Crippen LogP contribution in [-0.2, 0) is 0 Å². The lowest BCUT2D eigenvalue weighted by atomic mass is 9.98. The van der Waals surface area contributed by atoms with Crippen molar-refractivity contribution in [1.29, 1.82) is 0 Å². The summed E-state index contributed by atoms with van der Waals surface area (Å²) in [5.41, 5.74) is 0. The first-order valence-electron chi connectivity index (χ1n) is 5.62. The van der Waals surface area contributed by atoms with Gasteiger partial charge in [-0.05, 0) is 50.5 Å². The Morgan fingerprint density at radius 3 is 3.00 bits per heavy atom. The molecule has 4 atom stereocenters. The molecular weight excluding hydrogens is 146 g/mol. The van der Waals surface area contributed by atoms with E-state index < -0.39 is 0 Å². The molecule has 68 valence electrons. The molecule has 2 saturated heterocycles. The van der Waals surface area contributed by atoms with Crippen molar-refractivity contribution in [2.24, 2.45) is 11.8 Å². The molecule has 3 fully saturated rings. The van der Waals surface area contributed by atoms with Crippen LogP contribution in [0.3, 0.4) is 0 Å². The Kier molecular flexibility index (Phi) is 1.52. The van der Waals surface area contributed by atoms with Crippen LogP contribution in [0.2, 0.25) is 0 Å². The molecule has 0 bridgehead atoms. The first-order chi connectivity index (χ1) is 5.86. The zero-order valence-electron chi connectivity index (χ0n) is 8.00. The number of rotatable bonds is 0. The summed E-state index contributed by atoms with van der Waals surface area (Å²) in [7, 11) is 0. The molecule has 0 N–H and O–H groups in total. The minimum absolute atomic E-state index is 0.998. The number of hydrogen-bond acceptors (Lipinski definition) is 1. The highest BCUT2D eigenvalue weighted by atomic mass is 15.2. The maximum atomic E-state index is 2.84. The van der Waals surface area contributed by atoms with Gasteiger partial charge >= 0.3 is 0 Å². The summed E-state index contributed by atoms with van der Waals surface area (Å²) < 4.78 is 0. The van der Waals surface area contributed by atoms with E-state index in [-0.39, 0.29) is 0 Å². The Hall–Kier alpha value is -0.0400. The second-order valence-corrected chi connectivity index (χ2v) is 5.07. The van der Waals surface area contributed by atoms with Gasteiger partial charge in [0.05, 0.1) is 0 Å². The number of nitrogens with zero attached hydrogens (tertiary/aromatic N) is 1. The molecule has 0 aromatic heterocycles. The fourth-order valence-electron chi connectivity index (χ4n) is 3.99. The van der Waals surface area contributed by atoms with Crippen molar-refractivity contribution in [3.8, 4) is 0 Å². The van der Waals surface area contributed by atoms with Crippen LogP contribution in [0.1, 0.15) is 39.0 Å². The summed E-state index contributed by atoms with van der Waals surface area (Å²) in [6.07, 6.45) is 7.53. The van der Waals surface area contributed by atoms with E-state index in [0.717, 1.165) is 23.9 Å². The first kappa shape index (κ1) is 7.37. The summed E-state index contributed by atoms with van der Waals surface area (Å²) in [5, 5.41) is 0. The lowest BCUT2D eigenvalue weighted by molar-refractivity contribution is 0.198. The van der Waals surface area contributed by atoms with Crippen molar-refractivity contribution in [2.75, 3.05) is 6.54 Å². The van der Waals surface area contributed by atoms with Gasteiger partial charge in [0, 0.05) is 12.1 Å². The molecule has 1 nitrogen and oxygen atoms in total. The first-order valence-corrected chi connectivity index (χ1v) is 5.62. The third-order valence-electron chi connectivity index (χ3n) is 4.44. The fourth-order valence-corrected chi connectivity index (χ4v) is 3.99. The molecule has 0 radical (unpaired) electrons. The Labute approximate surface area is 75.1 Å². The molecule has 0 amide bonds. The second kappa shape index (κ2) is 2.47. The quantitative estimate of drug-likeness (QED) is 0.532. The van der Waals surface area contributed by atoms with Crippen molar-refractivity contribution in [1.82, 2.24) is 4.90 Å². The van der Waals surface area contributed by atoms with E-state index in [1.165, 1.54) is 38.6 Å². The van der Waals surface area contributed by atoms with Gasteiger partial charge in [0.15, 0.2) is 0 Å². The van der Waals surface area contributed by atoms with E-state index in [0.29, 0.717) is 0 Å². The van der Waals surface area contributed by atoms with Crippen molar-refractivity contribution >= 4 is 0 Å². The van der Waals surface area contributed by atoms with Gasteiger partial charge in [-0.2, -0.15) is 0 Å². The molecule has 0 aromatic carbocycles. The second-order valence-electron chi connectivity index (χ2n) is 5.07. The molecule has 0 spiro atoms. The minimum atomic E-state index is 0.998. The van der Waals surface area contributed by atoms with Gasteiger partial charge in [-0.25, -0.2) is 0 Å². The van der Waals surface area contributed by atoms with E-state index in [2.05, 4.69) is 11.8 Å². The van der Waals surface area contributed by atoms with Gasteiger partial charge in [0.25, 0.3) is 0 Å². The fraction of sp³-hybridized carbons (Fsp3) is 1.00. The van der Waals surface area contributed by atoms with E-state index in [4.69, 9.17) is 0 Å². The molecule has 1 heteroatoms. The van der Waals surface area contributed by atoms with Crippen LogP contribution < -0.4 is 0 Å². The van der Waals surface area contributed by atoms with E-state index in [9.17, 15) is 0 Å². The third-order valence-corrected chi connectivity index (χ3v) is 4.44. The molecule has 0 aromatic rings. The van der Waals surface area contributed by atoms with Crippen LogP contribution in [0.15, 0.2) is 0 Å². The minimum Gasteiger partial charge on any atom is -0.297 e. The third kappa shape index (κ3) is 0.834. The Balaban J connectivity index is 1.85. The van der Waals surface area contributed by atoms with Gasteiger partial charge in [-0.1, -0.05) is 6.92 Å². The largest absolute Gasteiger partial charge is 0.297 e. The maximum Gasteiger partial charge on any atom is 0.0153 e. The van der Waals surface area contributed by atoms with Crippen LogP contribution in [0.4, 0.5) is 0 Å². The van der Waals surface area contributed by atoms with Gasteiger partial charge in [0.2, 0.25) is 0 Å². The van der Waals surface area contributed by atoms with Crippen molar-refractivity contribution in [3.05, 3.63) is 0 Å². The Morgan fingerprint density at radius 2 is 2.08 bits per heavy atom. The number of hydrogen-bond donors (Lipinski definition) is 0. The van der Waals surface area contributed by atoms with E-state index in [1.807, 2.05) is 0 Å². The highest BCUT2D eigenvalue weighted by molar-refractivity contribution is 5.02. The van der Waals surface area contributed by atoms with Gasteiger partial charge in [-0.15, -0.1) is 0 Å². The maximum absolute atomic E-state index is 2.84. The summed E-state index contributed by atoms with van der Waals surface area (Å²) >= 11 is 0. The molecule has 1 aliphatic carbocycles. The van der Waals surface area contributed by atoms with Gasteiger partial charge in [-0.3, -0.25) is 4.90 Å². The summed E-state index contributed by atoms with van der Waals surface area (Å²) in [6, 6.07) is 2.00. The van der Waals surface area contributed by atoms with Gasteiger partial charge in [0.1, 0.15) is 0 Å². The highest BCUT2D eigenvalue weighted by Gasteiger charge is 2.48. The van der Waals surface area contributed by atoms with E-state index >= 15 is 0 Å². The SMILES string of the molecule is C[C@@H]1CC[C@@H]2C[C@@H]3CCCN3[C@H]21. The standard InChI is InChI=1S/C11H19N/c1-8-4-5-9-7-10-3-2-6-12(10)11(8)9/h8-11H,2-7H2,1H3/t8-,9-,10+,11+/m1/s1. The van der Waals surface area contributed by atoms with E-state index in [1.54, 1.807) is 0 Å². The van der Waals surface area contributed by atoms with Crippen LogP contribution >= 0.6 is 0 Å². The molecule has 12 heavy (non-hydrogen) atoms. The Morgan fingerprint density at radius 1 is 1.17 bits per heavy atom. The summed E-state index contributed by atoms with van der Waals surface area (Å²) in [4.78, 5) is 2.84. The molecule has 2 heterocycles. The molecule has 1 saturated carbocycles. The normalized spacial score (nSPS) is 52.8. The zero-order valence-corrected chi connectivity index (χ0v) is 8.00. The molecule has 3 rings (SSSR count). The number of fused-ring (bicyclic) bond motifs is 3. The predicted molar refractivity (Wildman–Crippen MR) is 50.0 cm³/mol. The Bertz CT molecular complexity index is 189. The predicted octanol–water partition coefficient (Wildman–Crippen LogP) is 2.27. The van der Waals surface area contributed by atoms with Crippen molar-refractivity contribution < 1.29 is 0 Å². The molecular formula is C11H19N. The lowest BCUT2D eigenvalue weighted by Crippen LogP contribution is -2.35. The molecule has 2 aliphatic heterocycles. The molecule has 3 aliphatic rings. The van der Waals surface area contributed by atoms with Crippen molar-refractivity contribution in [2.45, 2.75) is 51.1 Å². The summed E-state index contributed by atoms with van der Waals surface area (Å²) in [5.74, 6) is 2.09. The summed E-state index contributed by atoms with van der Waals surface area (Å²) in [6.45, 7) is 3.88. The lowest BCUT2D eigenvalue weighted by Gasteiger charge is -2.26. The zero-order chi connectivity index (χ0) is 8.13. The topological polar surface area (TPSA) is 3.24 Å². The van der Waals surface area contributed by atoms with Crippen LogP contribution in [0.5, 0.6) is 0 Å². The van der Waals surface area contributed by atoms with Gasteiger partial charge < -0.3 is 0 Å². The van der Waals surface area contributed by atoms with Crippen LogP contribution in [0.25, 0.3) is 0 Å². The average molecular weight is 165 g/mol. The monoisotopic (exact) mass is 165 g/mol. The van der Waals surface area contributed by atoms with Crippen molar-refractivity contribution in [3.63, 3.8) is 0 Å².